The third-order valence-electron chi connectivity index (χ3n) is 1.73. The molecule has 0 saturated carbocycles. The van der Waals surface area contributed by atoms with E-state index in [1.165, 1.54) is 6.07 Å². The van der Waals surface area contributed by atoms with Gasteiger partial charge in [-0.3, -0.25) is 4.79 Å². The number of hydrogen-bond donors (Lipinski definition) is 0. The Balaban J connectivity index is 3.15. The quantitative estimate of drug-likeness (QED) is 0.404. The first-order valence-electron chi connectivity index (χ1n) is 4.71. The lowest BCUT2D eigenvalue weighted by molar-refractivity contribution is 0.112. The molecule has 0 atom stereocenters. The van der Waals surface area contributed by atoms with Crippen LogP contribution in [-0.2, 0) is 0 Å². The van der Waals surface area contributed by atoms with Crippen molar-refractivity contribution in [2.24, 2.45) is 0 Å². The lowest BCUT2D eigenvalue weighted by Crippen LogP contribution is -2.16. The van der Waals surface area contributed by atoms with Gasteiger partial charge in [-0.25, -0.2) is 4.39 Å². The number of hydrogen-bond acceptors (Lipinski definition) is 1. The van der Waals surface area contributed by atoms with Crippen molar-refractivity contribution in [3.05, 3.63) is 35.1 Å². The van der Waals surface area contributed by atoms with Crippen molar-refractivity contribution in [3.63, 3.8) is 0 Å². The van der Waals surface area contributed by atoms with Gasteiger partial charge < -0.3 is 0 Å². The van der Waals surface area contributed by atoms with Crippen molar-refractivity contribution in [2.75, 3.05) is 0 Å². The molecule has 0 unspecified atom stereocenters. The van der Waals surface area contributed by atoms with Crippen LogP contribution in [0.4, 0.5) is 4.39 Å². The Kier molecular flexibility index (Phi) is 3.43. The van der Waals surface area contributed by atoms with Gasteiger partial charge in [0.2, 0.25) is 0 Å². The minimum atomic E-state index is -1.51. The van der Waals surface area contributed by atoms with Crippen LogP contribution in [0.25, 0.3) is 0 Å². The van der Waals surface area contributed by atoms with Crippen LogP contribution < -0.4 is 0 Å². The van der Waals surface area contributed by atoms with Crippen LogP contribution in [0.3, 0.4) is 0 Å². The van der Waals surface area contributed by atoms with E-state index in [4.69, 9.17) is 0 Å². The van der Waals surface area contributed by atoms with Gasteiger partial charge in [0.1, 0.15) is 13.9 Å². The molecule has 0 saturated heterocycles. The Bertz CT molecular complexity index is 435. The van der Waals surface area contributed by atoms with E-state index in [9.17, 15) is 9.18 Å². The van der Waals surface area contributed by atoms with Crippen molar-refractivity contribution in [3.8, 4) is 11.5 Å². The van der Waals surface area contributed by atoms with Crippen molar-refractivity contribution in [1.29, 1.82) is 0 Å². The number of rotatable bonds is 1. The largest absolute Gasteiger partial charge is 0.298 e. The van der Waals surface area contributed by atoms with E-state index >= 15 is 0 Å². The predicted molar refractivity (Wildman–Crippen MR) is 62.0 cm³/mol. The minimum absolute atomic E-state index is 0.0670. The maximum atomic E-state index is 13.5. The van der Waals surface area contributed by atoms with Gasteiger partial charge in [0.05, 0.1) is 11.1 Å². The summed E-state index contributed by atoms with van der Waals surface area (Å²) in [7, 11) is -1.51. The molecule has 3 heteroatoms. The molecule has 0 heterocycles. The molecule has 0 aromatic heterocycles. The molecule has 1 nitrogen and oxygen atoms in total. The minimum Gasteiger partial charge on any atom is -0.298 e. The molecule has 78 valence electrons. The lowest BCUT2D eigenvalue weighted by atomic mass is 10.1. The fraction of sp³-hybridized carbons (Fsp3) is 0.250. The van der Waals surface area contributed by atoms with E-state index in [0.29, 0.717) is 11.8 Å². The van der Waals surface area contributed by atoms with E-state index in [-0.39, 0.29) is 5.56 Å². The predicted octanol–water partition coefficient (Wildman–Crippen LogP) is 2.87. The monoisotopic (exact) mass is 220 g/mol. The number of aldehydes is 1. The maximum Gasteiger partial charge on any atom is 0.153 e. The van der Waals surface area contributed by atoms with Crippen LogP contribution >= 0.6 is 0 Å². The summed E-state index contributed by atoms with van der Waals surface area (Å²) in [5.41, 5.74) is 3.44. The van der Waals surface area contributed by atoms with Crippen molar-refractivity contribution in [2.45, 2.75) is 19.6 Å². The van der Waals surface area contributed by atoms with Gasteiger partial charge in [-0.2, -0.15) is 0 Å². The molecule has 15 heavy (non-hydrogen) atoms. The highest BCUT2D eigenvalue weighted by atomic mass is 28.3. The molecule has 0 bridgehead atoms. The molecule has 0 aliphatic carbocycles. The van der Waals surface area contributed by atoms with Gasteiger partial charge in [0, 0.05) is 0 Å². The van der Waals surface area contributed by atoms with Crippen molar-refractivity contribution < 1.29 is 9.18 Å². The maximum absolute atomic E-state index is 13.5. The van der Waals surface area contributed by atoms with Gasteiger partial charge in [-0.05, 0) is 12.1 Å². The second-order valence-electron chi connectivity index (χ2n) is 4.33. The Labute approximate surface area is 90.3 Å². The summed E-state index contributed by atoms with van der Waals surface area (Å²) in [5.74, 6) is 2.29. The molecule has 0 N–H and O–H groups in total. The molecular weight excluding hydrogens is 207 g/mol. The molecule has 0 amide bonds. The lowest BCUT2D eigenvalue weighted by Gasteiger charge is -2.04. The summed E-state index contributed by atoms with van der Waals surface area (Å²) >= 11 is 0. The molecule has 1 rings (SSSR count). The second kappa shape index (κ2) is 4.41. The number of benzene rings is 1. The Morgan fingerprint density at radius 1 is 1.33 bits per heavy atom. The van der Waals surface area contributed by atoms with Crippen LogP contribution in [0.1, 0.15) is 15.9 Å². The Morgan fingerprint density at radius 2 is 2.00 bits per heavy atom. The SMILES string of the molecule is C[Si](C)(C)C#Cc1cccc(C=O)c1F. The average molecular weight is 220 g/mol. The molecule has 1 aromatic rings. The van der Waals surface area contributed by atoms with Gasteiger partial charge in [0.25, 0.3) is 0 Å². The van der Waals surface area contributed by atoms with Gasteiger partial charge in [-0.1, -0.05) is 31.6 Å². The van der Waals surface area contributed by atoms with E-state index in [1.807, 2.05) is 0 Å². The average Bonchev–Trinajstić information content (AvgIpc) is 2.15. The molecule has 0 spiro atoms. The third kappa shape index (κ3) is 3.33. The van der Waals surface area contributed by atoms with E-state index in [1.54, 1.807) is 12.1 Å². The van der Waals surface area contributed by atoms with E-state index in [2.05, 4.69) is 31.1 Å². The summed E-state index contributed by atoms with van der Waals surface area (Å²) in [6.07, 6.45) is 0.509. The topological polar surface area (TPSA) is 17.1 Å². The summed E-state index contributed by atoms with van der Waals surface area (Å²) in [6, 6.07) is 4.68. The smallest absolute Gasteiger partial charge is 0.153 e. The molecule has 0 fully saturated rings. The Morgan fingerprint density at radius 3 is 2.53 bits per heavy atom. The van der Waals surface area contributed by atoms with Crippen molar-refractivity contribution >= 4 is 14.4 Å². The highest BCUT2D eigenvalue weighted by Crippen LogP contribution is 2.10. The Hall–Kier alpha value is -1.40. The van der Waals surface area contributed by atoms with Crippen LogP contribution in [0.15, 0.2) is 18.2 Å². The summed E-state index contributed by atoms with van der Waals surface area (Å²) in [5, 5.41) is 0. The van der Waals surface area contributed by atoms with Crippen LogP contribution in [0, 0.1) is 17.3 Å². The molecule has 1 aromatic carbocycles. The highest BCUT2D eigenvalue weighted by Gasteiger charge is 2.09. The van der Waals surface area contributed by atoms with Crippen LogP contribution in [0.5, 0.6) is 0 Å². The normalized spacial score (nSPS) is 10.4. The first kappa shape index (κ1) is 11.7. The zero-order valence-corrected chi connectivity index (χ0v) is 10.1. The number of carbonyl (C=O) groups is 1. The zero-order chi connectivity index (χ0) is 11.5. The first-order valence-corrected chi connectivity index (χ1v) is 8.21. The van der Waals surface area contributed by atoms with Crippen molar-refractivity contribution in [1.82, 2.24) is 0 Å². The van der Waals surface area contributed by atoms with E-state index < -0.39 is 13.9 Å². The third-order valence-corrected chi connectivity index (χ3v) is 2.60. The molecule has 0 aliphatic heterocycles. The zero-order valence-electron chi connectivity index (χ0n) is 9.10. The van der Waals surface area contributed by atoms with Crippen LogP contribution in [-0.4, -0.2) is 14.4 Å². The fourth-order valence-corrected chi connectivity index (χ4v) is 1.50. The summed E-state index contributed by atoms with van der Waals surface area (Å²) in [6.45, 7) is 6.25. The molecule has 0 radical (unpaired) electrons. The summed E-state index contributed by atoms with van der Waals surface area (Å²) in [4.78, 5) is 10.5. The van der Waals surface area contributed by atoms with Gasteiger partial charge >= 0.3 is 0 Å². The fourth-order valence-electron chi connectivity index (χ4n) is 0.992. The summed E-state index contributed by atoms with van der Waals surface area (Å²) < 4.78 is 13.5. The molecule has 0 aliphatic rings. The standard InChI is InChI=1S/C12H13FOSi/c1-15(2,3)8-7-10-5-4-6-11(9-14)12(10)13/h4-6,9H,1-3H3. The van der Waals surface area contributed by atoms with Gasteiger partial charge in [0.15, 0.2) is 6.29 Å². The van der Waals surface area contributed by atoms with E-state index in [0.717, 1.165) is 0 Å². The van der Waals surface area contributed by atoms with Crippen LogP contribution in [0.2, 0.25) is 19.6 Å². The first-order chi connectivity index (χ1) is 6.94. The molecular formula is C12H13FOSi. The number of carbonyl (C=O) groups excluding carboxylic acids is 1. The second-order valence-corrected chi connectivity index (χ2v) is 9.08. The number of halogens is 1. The van der Waals surface area contributed by atoms with Gasteiger partial charge in [-0.15, -0.1) is 5.54 Å². The highest BCUT2D eigenvalue weighted by molar-refractivity contribution is 6.83.